The van der Waals surface area contributed by atoms with Gasteiger partial charge in [-0.25, -0.2) is 4.79 Å². The lowest BCUT2D eigenvalue weighted by Gasteiger charge is -2.14. The minimum absolute atomic E-state index is 0.164. The molecule has 22 heavy (non-hydrogen) atoms. The maximum atomic E-state index is 11.9. The molecule has 2 rings (SSSR count). The number of anilines is 1. The third-order valence-corrected chi connectivity index (χ3v) is 4.18. The van der Waals surface area contributed by atoms with Gasteiger partial charge in [-0.15, -0.1) is 11.8 Å². The Hall–Kier alpha value is -2.45. The number of carbonyl (C=O) groups excluding carboxylic acids is 1. The maximum Gasteiger partial charge on any atom is 0.341 e. The molecule has 2 N–H and O–H groups in total. The van der Waals surface area contributed by atoms with Crippen LogP contribution in [0.5, 0.6) is 0 Å². The van der Waals surface area contributed by atoms with Crippen molar-refractivity contribution in [1.82, 2.24) is 0 Å². The van der Waals surface area contributed by atoms with Gasteiger partial charge in [0, 0.05) is 10.5 Å². The predicted octanol–water partition coefficient (Wildman–Crippen LogP) is 3.62. The lowest BCUT2D eigenvalue weighted by Crippen LogP contribution is -2.10. The predicted molar refractivity (Wildman–Crippen MR) is 88.9 cm³/mol. The van der Waals surface area contributed by atoms with Crippen LogP contribution < -0.4 is 5.73 Å². The topological polar surface area (TPSA) is 76.1 Å². The standard InChI is InChI=1S/C17H16N2O2S/c1-10-4-6-11(7-5-10)12-8-14(22-3)15(17(20)21-2)16(19)13(12)9-18/h4-8H,19H2,1-3H3. The van der Waals surface area contributed by atoms with Crippen molar-refractivity contribution in [3.8, 4) is 17.2 Å². The third-order valence-electron chi connectivity index (χ3n) is 3.41. The van der Waals surface area contributed by atoms with Gasteiger partial charge in [-0.2, -0.15) is 5.26 Å². The van der Waals surface area contributed by atoms with Crippen molar-refractivity contribution >= 4 is 23.4 Å². The summed E-state index contributed by atoms with van der Waals surface area (Å²) in [6.45, 7) is 2.00. The van der Waals surface area contributed by atoms with Crippen LogP contribution in [0.25, 0.3) is 11.1 Å². The molecule has 0 aliphatic carbocycles. The van der Waals surface area contributed by atoms with Crippen molar-refractivity contribution in [3.05, 3.63) is 47.0 Å². The summed E-state index contributed by atoms with van der Waals surface area (Å²) >= 11 is 1.39. The molecule has 0 atom stereocenters. The molecule has 0 aromatic heterocycles. The van der Waals surface area contributed by atoms with Gasteiger partial charge in [-0.3, -0.25) is 0 Å². The zero-order valence-corrected chi connectivity index (χ0v) is 13.5. The number of hydrogen-bond acceptors (Lipinski definition) is 5. The van der Waals surface area contributed by atoms with E-state index in [-0.39, 0.29) is 11.3 Å². The van der Waals surface area contributed by atoms with Crippen LogP contribution in [-0.2, 0) is 4.74 Å². The van der Waals surface area contributed by atoms with Crippen LogP contribution in [0.3, 0.4) is 0 Å². The molecule has 5 heteroatoms. The highest BCUT2D eigenvalue weighted by atomic mass is 32.2. The van der Waals surface area contributed by atoms with Gasteiger partial charge in [-0.1, -0.05) is 29.8 Å². The molecule has 0 spiro atoms. The quantitative estimate of drug-likeness (QED) is 0.532. The second-order valence-electron chi connectivity index (χ2n) is 4.76. The number of nitrogens with two attached hydrogens (primary N) is 1. The second kappa shape index (κ2) is 6.54. The second-order valence-corrected chi connectivity index (χ2v) is 5.61. The van der Waals surface area contributed by atoms with E-state index in [1.165, 1.54) is 18.9 Å². The minimum atomic E-state index is -0.534. The van der Waals surface area contributed by atoms with E-state index in [2.05, 4.69) is 6.07 Å². The van der Waals surface area contributed by atoms with Crippen LogP contribution >= 0.6 is 11.8 Å². The van der Waals surface area contributed by atoms with Gasteiger partial charge in [-0.05, 0) is 24.8 Å². The number of carbonyl (C=O) groups is 1. The largest absolute Gasteiger partial charge is 0.465 e. The zero-order valence-electron chi connectivity index (χ0n) is 12.6. The number of methoxy groups -OCH3 is 1. The summed E-state index contributed by atoms with van der Waals surface area (Å²) in [5.74, 6) is -0.534. The fourth-order valence-corrected chi connectivity index (χ4v) is 2.87. The Bertz CT molecular complexity index is 762. The van der Waals surface area contributed by atoms with E-state index in [0.29, 0.717) is 10.5 Å². The van der Waals surface area contributed by atoms with E-state index in [1.807, 2.05) is 43.5 Å². The van der Waals surface area contributed by atoms with Gasteiger partial charge in [0.05, 0.1) is 23.9 Å². The Morgan fingerprint density at radius 1 is 1.32 bits per heavy atom. The van der Waals surface area contributed by atoms with Crippen molar-refractivity contribution in [3.63, 3.8) is 0 Å². The molecule has 0 amide bonds. The zero-order chi connectivity index (χ0) is 16.3. The number of nitrogen functional groups attached to an aromatic ring is 1. The molecule has 2 aromatic rings. The molecule has 0 radical (unpaired) electrons. The molecule has 0 heterocycles. The van der Waals surface area contributed by atoms with Gasteiger partial charge < -0.3 is 10.5 Å². The average Bonchev–Trinajstić information content (AvgIpc) is 2.54. The smallest absolute Gasteiger partial charge is 0.341 e. The first-order valence-electron chi connectivity index (χ1n) is 6.59. The Balaban J connectivity index is 2.76. The number of nitrogens with zero attached hydrogens (tertiary/aromatic N) is 1. The Morgan fingerprint density at radius 2 is 1.95 bits per heavy atom. The summed E-state index contributed by atoms with van der Waals surface area (Å²) in [6, 6.07) is 11.7. The molecule has 0 bridgehead atoms. The summed E-state index contributed by atoms with van der Waals surface area (Å²) in [5.41, 5.74) is 9.53. The average molecular weight is 312 g/mol. The summed E-state index contributed by atoms with van der Waals surface area (Å²) in [4.78, 5) is 12.6. The summed E-state index contributed by atoms with van der Waals surface area (Å²) in [5, 5.41) is 9.47. The molecule has 0 saturated heterocycles. The number of hydrogen-bond donors (Lipinski definition) is 1. The van der Waals surface area contributed by atoms with Crippen molar-refractivity contribution in [2.24, 2.45) is 0 Å². The highest BCUT2D eigenvalue weighted by Crippen LogP contribution is 2.36. The highest BCUT2D eigenvalue weighted by molar-refractivity contribution is 7.98. The monoisotopic (exact) mass is 312 g/mol. The van der Waals surface area contributed by atoms with Crippen molar-refractivity contribution < 1.29 is 9.53 Å². The molecule has 2 aromatic carbocycles. The highest BCUT2D eigenvalue weighted by Gasteiger charge is 2.22. The fourth-order valence-electron chi connectivity index (χ4n) is 2.23. The lowest BCUT2D eigenvalue weighted by molar-refractivity contribution is 0.0598. The fraction of sp³-hybridized carbons (Fsp3) is 0.176. The molecule has 0 saturated carbocycles. The van der Waals surface area contributed by atoms with Crippen LogP contribution in [-0.4, -0.2) is 19.3 Å². The molecule has 0 aliphatic heterocycles. The Kier molecular flexibility index (Phi) is 4.74. The van der Waals surface area contributed by atoms with Crippen LogP contribution in [0.1, 0.15) is 21.5 Å². The number of esters is 1. The summed E-state index contributed by atoms with van der Waals surface area (Å²) < 4.78 is 4.78. The molecule has 0 aliphatic rings. The molecule has 0 fully saturated rings. The molecule has 4 nitrogen and oxygen atoms in total. The van der Waals surface area contributed by atoms with E-state index >= 15 is 0 Å². The van der Waals surface area contributed by atoms with Crippen molar-refractivity contribution in [2.75, 3.05) is 19.1 Å². The third kappa shape index (κ3) is 2.78. The lowest BCUT2D eigenvalue weighted by atomic mass is 9.95. The first kappa shape index (κ1) is 15.9. The van der Waals surface area contributed by atoms with E-state index in [4.69, 9.17) is 10.5 Å². The van der Waals surface area contributed by atoms with E-state index < -0.39 is 5.97 Å². The first-order chi connectivity index (χ1) is 10.5. The van der Waals surface area contributed by atoms with Crippen molar-refractivity contribution in [1.29, 1.82) is 5.26 Å². The number of rotatable bonds is 3. The SMILES string of the molecule is COC(=O)c1c(SC)cc(-c2ccc(C)cc2)c(C#N)c1N. The number of ether oxygens (including phenoxy) is 1. The molecule has 0 unspecified atom stereocenters. The molecular formula is C17H16N2O2S. The van der Waals surface area contributed by atoms with Gasteiger partial charge in [0.1, 0.15) is 6.07 Å². The van der Waals surface area contributed by atoms with E-state index in [9.17, 15) is 10.1 Å². The maximum absolute atomic E-state index is 11.9. The van der Waals surface area contributed by atoms with Crippen LogP contribution in [0.4, 0.5) is 5.69 Å². The number of benzene rings is 2. The van der Waals surface area contributed by atoms with Gasteiger partial charge in [0.2, 0.25) is 0 Å². The summed E-state index contributed by atoms with van der Waals surface area (Å²) in [7, 11) is 1.30. The van der Waals surface area contributed by atoms with Gasteiger partial charge in [0.15, 0.2) is 0 Å². The normalized spacial score (nSPS) is 10.1. The first-order valence-corrected chi connectivity index (χ1v) is 7.81. The van der Waals surface area contributed by atoms with Crippen LogP contribution in [0.2, 0.25) is 0 Å². The van der Waals surface area contributed by atoms with E-state index in [1.54, 1.807) is 0 Å². The Morgan fingerprint density at radius 3 is 2.45 bits per heavy atom. The minimum Gasteiger partial charge on any atom is -0.465 e. The van der Waals surface area contributed by atoms with Gasteiger partial charge >= 0.3 is 5.97 Å². The van der Waals surface area contributed by atoms with Gasteiger partial charge in [0.25, 0.3) is 0 Å². The van der Waals surface area contributed by atoms with Crippen LogP contribution in [0, 0.1) is 18.3 Å². The molecular weight excluding hydrogens is 296 g/mol. The Labute approximate surface area is 133 Å². The van der Waals surface area contributed by atoms with E-state index in [0.717, 1.165) is 16.7 Å². The number of nitriles is 1. The summed E-state index contributed by atoms with van der Waals surface area (Å²) in [6.07, 6.45) is 1.85. The number of aryl methyl sites for hydroxylation is 1. The van der Waals surface area contributed by atoms with Crippen LogP contribution in [0.15, 0.2) is 35.2 Å². The van der Waals surface area contributed by atoms with Crippen molar-refractivity contribution in [2.45, 2.75) is 11.8 Å². The number of thioether (sulfide) groups is 1. The molecule has 112 valence electrons.